The number of nitrogens with two attached hydrogens (primary N) is 1. The van der Waals surface area contributed by atoms with E-state index in [9.17, 15) is 9.59 Å². The third-order valence-electron chi connectivity index (χ3n) is 6.64. The van der Waals surface area contributed by atoms with E-state index in [1.54, 1.807) is 0 Å². The van der Waals surface area contributed by atoms with Gasteiger partial charge in [-0.05, 0) is 56.7 Å². The maximum atomic E-state index is 13.2. The van der Waals surface area contributed by atoms with Crippen LogP contribution >= 0.6 is 12.4 Å². The molecule has 1 fully saturated rings. The Morgan fingerprint density at radius 1 is 1.06 bits per heavy atom. The lowest BCUT2D eigenvalue weighted by molar-refractivity contribution is -0.133. The van der Waals surface area contributed by atoms with E-state index in [2.05, 4.69) is 18.2 Å². The maximum absolute atomic E-state index is 13.2. The number of benzene rings is 2. The fraction of sp³-hybridized carbons (Fsp3) is 0.440. The fourth-order valence-electron chi connectivity index (χ4n) is 4.77. The molecule has 0 aromatic heterocycles. The Kier molecular flexibility index (Phi) is 7.07. The average molecular weight is 442 g/mol. The Morgan fingerprint density at radius 3 is 2.35 bits per heavy atom. The predicted octanol–water partition coefficient (Wildman–Crippen LogP) is 3.68. The minimum absolute atomic E-state index is 0. The lowest BCUT2D eigenvalue weighted by Gasteiger charge is -2.38. The van der Waals surface area contributed by atoms with Crippen molar-refractivity contribution in [2.75, 3.05) is 18.0 Å². The Bertz CT molecular complexity index is 923. The van der Waals surface area contributed by atoms with Crippen LogP contribution in [0, 0.1) is 0 Å². The molecule has 0 spiro atoms. The Labute approximate surface area is 191 Å². The number of nitrogens with zero attached hydrogens (tertiary/aromatic N) is 2. The van der Waals surface area contributed by atoms with Crippen LogP contribution in [0.5, 0.6) is 0 Å². The van der Waals surface area contributed by atoms with Gasteiger partial charge in [-0.25, -0.2) is 0 Å². The molecule has 1 atom stereocenters. The summed E-state index contributed by atoms with van der Waals surface area (Å²) in [6, 6.07) is 17.9. The molecule has 0 saturated carbocycles. The predicted molar refractivity (Wildman–Crippen MR) is 127 cm³/mol. The van der Waals surface area contributed by atoms with E-state index in [-0.39, 0.29) is 30.3 Å². The number of fused-ring (bicyclic) bond motifs is 1. The van der Waals surface area contributed by atoms with Crippen LogP contribution in [-0.4, -0.2) is 41.9 Å². The van der Waals surface area contributed by atoms with Gasteiger partial charge in [-0.2, -0.15) is 0 Å². The van der Waals surface area contributed by atoms with Gasteiger partial charge < -0.3 is 15.5 Å². The monoisotopic (exact) mass is 441 g/mol. The molecular formula is C25H32ClN3O2. The van der Waals surface area contributed by atoms with Gasteiger partial charge in [0, 0.05) is 24.8 Å². The van der Waals surface area contributed by atoms with Crippen molar-refractivity contribution in [1.82, 2.24) is 4.90 Å². The highest BCUT2D eigenvalue weighted by molar-refractivity contribution is 6.08. The summed E-state index contributed by atoms with van der Waals surface area (Å²) >= 11 is 0. The molecule has 1 saturated heterocycles. The minimum Gasteiger partial charge on any atom is -0.341 e. The zero-order valence-corrected chi connectivity index (χ0v) is 19.1. The minimum atomic E-state index is -0.497. The van der Waals surface area contributed by atoms with Gasteiger partial charge in [0.25, 0.3) is 0 Å². The van der Waals surface area contributed by atoms with Gasteiger partial charge >= 0.3 is 0 Å². The Hall–Kier alpha value is -2.37. The summed E-state index contributed by atoms with van der Waals surface area (Å²) in [6.45, 7) is 5.29. The lowest BCUT2D eigenvalue weighted by Crippen LogP contribution is -2.52. The SMILES string of the molecule is CC1(C)C(=O)N(C2CCN(C(=O)[C@@H](N)CCc3ccccc3)CC2)c2ccccc21.Cl. The molecule has 166 valence electrons. The first-order valence-corrected chi connectivity index (χ1v) is 10.9. The number of hydrogen-bond donors (Lipinski definition) is 1. The zero-order valence-electron chi connectivity index (χ0n) is 18.3. The maximum Gasteiger partial charge on any atom is 0.239 e. The van der Waals surface area contributed by atoms with Crippen molar-refractivity contribution >= 4 is 29.9 Å². The third-order valence-corrected chi connectivity index (χ3v) is 6.64. The first-order chi connectivity index (χ1) is 14.4. The molecule has 0 unspecified atom stereocenters. The van der Waals surface area contributed by atoms with E-state index in [1.165, 1.54) is 5.56 Å². The molecule has 6 heteroatoms. The third kappa shape index (κ3) is 4.48. The van der Waals surface area contributed by atoms with Gasteiger partial charge in [-0.3, -0.25) is 9.59 Å². The molecule has 4 rings (SSSR count). The van der Waals surface area contributed by atoms with Gasteiger partial charge in [-0.1, -0.05) is 48.5 Å². The van der Waals surface area contributed by atoms with Gasteiger partial charge in [0.15, 0.2) is 0 Å². The molecule has 0 aliphatic carbocycles. The largest absolute Gasteiger partial charge is 0.341 e. The highest BCUT2D eigenvalue weighted by Crippen LogP contribution is 2.43. The second kappa shape index (κ2) is 9.41. The number of para-hydroxylation sites is 1. The number of carbonyl (C=O) groups is 2. The summed E-state index contributed by atoms with van der Waals surface area (Å²) in [5.41, 5.74) is 9.04. The van der Waals surface area contributed by atoms with Crippen LogP contribution in [0.1, 0.15) is 44.2 Å². The number of hydrogen-bond acceptors (Lipinski definition) is 3. The van der Waals surface area contributed by atoms with Crippen molar-refractivity contribution < 1.29 is 9.59 Å². The van der Waals surface area contributed by atoms with Crippen LogP contribution in [0.2, 0.25) is 0 Å². The summed E-state index contributed by atoms with van der Waals surface area (Å²) in [6.07, 6.45) is 3.02. The Balaban J connectivity index is 0.00000272. The van der Waals surface area contributed by atoms with Crippen LogP contribution in [0.3, 0.4) is 0 Å². The summed E-state index contributed by atoms with van der Waals surface area (Å²) in [5, 5.41) is 0. The second-order valence-corrected chi connectivity index (χ2v) is 9.00. The molecule has 5 nitrogen and oxygen atoms in total. The summed E-state index contributed by atoms with van der Waals surface area (Å²) in [7, 11) is 0. The van der Waals surface area contributed by atoms with Crippen LogP contribution in [0.15, 0.2) is 54.6 Å². The first kappa shape index (κ1) is 23.3. The molecule has 2 aliphatic heterocycles. The summed E-state index contributed by atoms with van der Waals surface area (Å²) < 4.78 is 0. The van der Waals surface area contributed by atoms with Crippen LogP contribution in [0.25, 0.3) is 0 Å². The quantitative estimate of drug-likeness (QED) is 0.769. The number of carbonyl (C=O) groups excluding carboxylic acids is 2. The molecule has 2 aromatic carbocycles. The molecule has 0 radical (unpaired) electrons. The smallest absolute Gasteiger partial charge is 0.239 e. The highest BCUT2D eigenvalue weighted by Gasteiger charge is 2.46. The Morgan fingerprint density at radius 2 is 1.68 bits per heavy atom. The van der Waals surface area contributed by atoms with E-state index in [1.807, 2.05) is 60.0 Å². The van der Waals surface area contributed by atoms with E-state index in [0.717, 1.165) is 30.5 Å². The van der Waals surface area contributed by atoms with Crippen LogP contribution in [0.4, 0.5) is 5.69 Å². The van der Waals surface area contributed by atoms with Crippen LogP contribution < -0.4 is 10.6 Å². The molecule has 0 bridgehead atoms. The van der Waals surface area contributed by atoms with Gasteiger partial charge in [0.05, 0.1) is 11.5 Å². The highest BCUT2D eigenvalue weighted by atomic mass is 35.5. The van der Waals surface area contributed by atoms with E-state index >= 15 is 0 Å². The number of rotatable bonds is 5. The molecule has 2 amide bonds. The summed E-state index contributed by atoms with van der Waals surface area (Å²) in [4.78, 5) is 29.8. The number of piperidine rings is 1. The summed E-state index contributed by atoms with van der Waals surface area (Å²) in [5.74, 6) is 0.186. The number of aryl methyl sites for hydroxylation is 1. The molecular weight excluding hydrogens is 410 g/mol. The van der Waals surface area contributed by atoms with Crippen LogP contribution in [-0.2, 0) is 21.4 Å². The molecule has 2 aliphatic rings. The zero-order chi connectivity index (χ0) is 21.3. The molecule has 2 heterocycles. The van der Waals surface area contributed by atoms with E-state index in [4.69, 9.17) is 5.73 Å². The topological polar surface area (TPSA) is 66.6 Å². The van der Waals surface area contributed by atoms with Gasteiger partial charge in [-0.15, -0.1) is 12.4 Å². The number of amides is 2. The van der Waals surface area contributed by atoms with E-state index in [0.29, 0.717) is 19.5 Å². The lowest BCUT2D eigenvalue weighted by atomic mass is 9.86. The van der Waals surface area contributed by atoms with Crippen molar-refractivity contribution in [2.45, 2.75) is 57.0 Å². The molecule has 2 N–H and O–H groups in total. The number of likely N-dealkylation sites (tertiary alicyclic amines) is 1. The van der Waals surface area contributed by atoms with Gasteiger partial charge in [0.1, 0.15) is 0 Å². The molecule has 31 heavy (non-hydrogen) atoms. The van der Waals surface area contributed by atoms with Crippen molar-refractivity contribution in [3.63, 3.8) is 0 Å². The molecule has 2 aromatic rings. The van der Waals surface area contributed by atoms with Gasteiger partial charge in [0.2, 0.25) is 11.8 Å². The first-order valence-electron chi connectivity index (χ1n) is 10.9. The van der Waals surface area contributed by atoms with Crippen molar-refractivity contribution in [3.05, 3.63) is 65.7 Å². The average Bonchev–Trinajstić information content (AvgIpc) is 2.98. The van der Waals surface area contributed by atoms with Crippen molar-refractivity contribution in [3.8, 4) is 0 Å². The number of anilines is 1. The normalized spacial score (nSPS) is 19.0. The fourth-order valence-corrected chi connectivity index (χ4v) is 4.77. The van der Waals surface area contributed by atoms with E-state index < -0.39 is 11.5 Å². The second-order valence-electron chi connectivity index (χ2n) is 9.00. The number of halogens is 1. The van der Waals surface area contributed by atoms with Crippen molar-refractivity contribution in [1.29, 1.82) is 0 Å². The van der Waals surface area contributed by atoms with Crippen molar-refractivity contribution in [2.24, 2.45) is 5.73 Å². The standard InChI is InChI=1S/C25H31N3O2.ClH/c1-25(2)20-10-6-7-11-22(20)28(24(25)30)19-14-16-27(17-15-19)23(29)21(26)13-12-18-8-4-3-5-9-18;/h3-11,19,21H,12-17,26H2,1-2H3;1H/t21-;/m0./s1.